The third kappa shape index (κ3) is 6.54. The van der Waals surface area contributed by atoms with Gasteiger partial charge in [0.1, 0.15) is 5.84 Å². The Morgan fingerprint density at radius 3 is 2.69 bits per heavy atom. The summed E-state index contributed by atoms with van der Waals surface area (Å²) in [5.74, 6) is 1.56. The maximum Gasteiger partial charge on any atom is 0.262 e. The first-order valence-corrected chi connectivity index (χ1v) is 12.0. The SMILES string of the molecule is CC1CC(C)CN(CC(=O)Nc2cccc(S(=O)(=O)NC3=NCCCCC3)c2)C1. The highest BCUT2D eigenvalue weighted by molar-refractivity contribution is 7.90. The second kappa shape index (κ2) is 9.71. The molecule has 1 fully saturated rings. The number of aliphatic imine (C=N–C) groups is 1. The maximum absolute atomic E-state index is 12.7. The van der Waals surface area contributed by atoms with E-state index in [-0.39, 0.29) is 10.8 Å². The monoisotopic (exact) mass is 420 g/mol. The van der Waals surface area contributed by atoms with Crippen molar-refractivity contribution in [1.29, 1.82) is 0 Å². The van der Waals surface area contributed by atoms with Gasteiger partial charge in [0.25, 0.3) is 10.0 Å². The number of nitrogens with zero attached hydrogens (tertiary/aromatic N) is 2. The quantitative estimate of drug-likeness (QED) is 0.766. The van der Waals surface area contributed by atoms with Gasteiger partial charge >= 0.3 is 0 Å². The smallest absolute Gasteiger partial charge is 0.262 e. The normalized spacial score (nSPS) is 23.7. The Morgan fingerprint density at radius 1 is 1.17 bits per heavy atom. The number of likely N-dealkylation sites (tertiary alicyclic amines) is 1. The van der Waals surface area contributed by atoms with E-state index in [1.807, 2.05) is 0 Å². The number of piperidine rings is 1. The van der Waals surface area contributed by atoms with E-state index in [1.165, 1.54) is 18.6 Å². The van der Waals surface area contributed by atoms with Crippen molar-refractivity contribution in [3.05, 3.63) is 24.3 Å². The molecule has 0 radical (unpaired) electrons. The van der Waals surface area contributed by atoms with Crippen molar-refractivity contribution in [1.82, 2.24) is 9.62 Å². The van der Waals surface area contributed by atoms with Crippen LogP contribution in [0.5, 0.6) is 0 Å². The van der Waals surface area contributed by atoms with Crippen LogP contribution in [0, 0.1) is 11.8 Å². The topological polar surface area (TPSA) is 90.9 Å². The highest BCUT2D eigenvalue weighted by Gasteiger charge is 2.23. The number of hydrogen-bond acceptors (Lipinski definition) is 5. The van der Waals surface area contributed by atoms with Crippen LogP contribution in [0.15, 0.2) is 34.2 Å². The molecule has 0 bridgehead atoms. The molecule has 0 saturated carbocycles. The fourth-order valence-electron chi connectivity index (χ4n) is 4.24. The first kappa shape index (κ1) is 21.8. The summed E-state index contributed by atoms with van der Waals surface area (Å²) < 4.78 is 28.1. The predicted octanol–water partition coefficient (Wildman–Crippen LogP) is 2.85. The van der Waals surface area contributed by atoms with E-state index in [9.17, 15) is 13.2 Å². The molecule has 8 heteroatoms. The van der Waals surface area contributed by atoms with Crippen LogP contribution in [0.25, 0.3) is 0 Å². The zero-order valence-corrected chi connectivity index (χ0v) is 18.2. The number of amides is 1. The third-order valence-corrected chi connectivity index (χ3v) is 6.75. The van der Waals surface area contributed by atoms with Crippen molar-refractivity contribution in [2.45, 2.75) is 50.8 Å². The van der Waals surface area contributed by atoms with Gasteiger partial charge in [0.2, 0.25) is 5.91 Å². The zero-order valence-electron chi connectivity index (χ0n) is 17.4. The Hall–Kier alpha value is -1.93. The van der Waals surface area contributed by atoms with Gasteiger partial charge in [0.05, 0.1) is 11.4 Å². The molecule has 3 rings (SSSR count). The molecule has 1 aromatic rings. The van der Waals surface area contributed by atoms with Crippen LogP contribution >= 0.6 is 0 Å². The van der Waals surface area contributed by atoms with E-state index in [1.54, 1.807) is 12.1 Å². The molecule has 160 valence electrons. The fraction of sp³-hybridized carbons (Fsp3) is 0.619. The molecular formula is C21H32N4O3S. The Labute approximate surface area is 174 Å². The minimum Gasteiger partial charge on any atom is -0.325 e. The van der Waals surface area contributed by atoms with Crippen LogP contribution in [0.4, 0.5) is 5.69 Å². The highest BCUT2D eigenvalue weighted by atomic mass is 32.2. The summed E-state index contributed by atoms with van der Waals surface area (Å²) in [5.41, 5.74) is 0.485. The Bertz CT molecular complexity index is 843. The van der Waals surface area contributed by atoms with Gasteiger partial charge in [-0.2, -0.15) is 0 Å². The molecule has 0 spiro atoms. The van der Waals surface area contributed by atoms with E-state index >= 15 is 0 Å². The molecule has 2 heterocycles. The van der Waals surface area contributed by atoms with Crippen LogP contribution in [0.3, 0.4) is 0 Å². The average Bonchev–Trinajstić information content (AvgIpc) is 2.89. The van der Waals surface area contributed by atoms with Gasteiger partial charge in [-0.05, 0) is 49.3 Å². The van der Waals surface area contributed by atoms with Gasteiger partial charge in [-0.25, -0.2) is 8.42 Å². The van der Waals surface area contributed by atoms with Gasteiger partial charge in [-0.15, -0.1) is 0 Å². The van der Waals surface area contributed by atoms with E-state index in [4.69, 9.17) is 0 Å². The third-order valence-electron chi connectivity index (χ3n) is 5.37. The zero-order chi connectivity index (χ0) is 20.9. The van der Waals surface area contributed by atoms with Gasteiger partial charge in [0, 0.05) is 31.7 Å². The summed E-state index contributed by atoms with van der Waals surface area (Å²) in [7, 11) is -3.72. The molecule has 1 amide bonds. The van der Waals surface area contributed by atoms with E-state index in [0.29, 0.717) is 42.9 Å². The first-order valence-electron chi connectivity index (χ1n) is 10.5. The number of hydrogen-bond donors (Lipinski definition) is 2. The maximum atomic E-state index is 12.7. The summed E-state index contributed by atoms with van der Waals surface area (Å²) in [6.45, 7) is 7.22. The Morgan fingerprint density at radius 2 is 1.93 bits per heavy atom. The molecule has 2 N–H and O–H groups in total. The van der Waals surface area contributed by atoms with Gasteiger partial charge in [0.15, 0.2) is 0 Å². The first-order chi connectivity index (χ1) is 13.8. The number of amidine groups is 1. The highest BCUT2D eigenvalue weighted by Crippen LogP contribution is 2.21. The molecule has 2 atom stereocenters. The van der Waals surface area contributed by atoms with Gasteiger partial charge in [-0.3, -0.25) is 19.4 Å². The van der Waals surface area contributed by atoms with Crippen molar-refractivity contribution < 1.29 is 13.2 Å². The number of nitrogens with one attached hydrogen (secondary N) is 2. The number of benzene rings is 1. The molecule has 2 unspecified atom stereocenters. The second-order valence-corrected chi connectivity index (χ2v) is 10.1. The number of carbonyl (C=O) groups excluding carboxylic acids is 1. The molecule has 7 nitrogen and oxygen atoms in total. The average molecular weight is 421 g/mol. The Kier molecular flexibility index (Phi) is 7.29. The molecule has 0 aromatic heterocycles. The van der Waals surface area contributed by atoms with Gasteiger partial charge in [-0.1, -0.05) is 26.3 Å². The summed E-state index contributed by atoms with van der Waals surface area (Å²) in [6.07, 6.45) is 4.82. The second-order valence-electron chi connectivity index (χ2n) is 8.46. The minimum absolute atomic E-state index is 0.123. The molecule has 1 aromatic carbocycles. The standard InChI is InChI=1S/C21H32N4O3S/c1-16-11-17(2)14-25(13-16)15-21(26)23-18-7-6-8-19(12-18)29(27,28)24-20-9-4-3-5-10-22-20/h6-8,12,16-17H,3-5,9-11,13-15H2,1-2H3,(H,22,24)(H,23,26). The van der Waals surface area contributed by atoms with Crippen LogP contribution in [-0.2, 0) is 14.8 Å². The molecule has 1 saturated heterocycles. The molecule has 2 aliphatic heterocycles. The number of anilines is 1. The Balaban J connectivity index is 1.62. The van der Waals surface area contributed by atoms with Crippen LogP contribution in [-0.4, -0.2) is 51.2 Å². The lowest BCUT2D eigenvalue weighted by Gasteiger charge is -2.34. The summed E-state index contributed by atoms with van der Waals surface area (Å²) in [5, 5.41) is 2.84. The van der Waals surface area contributed by atoms with Crippen LogP contribution in [0.2, 0.25) is 0 Å². The largest absolute Gasteiger partial charge is 0.325 e. The molecule has 29 heavy (non-hydrogen) atoms. The lowest BCUT2D eigenvalue weighted by molar-refractivity contribution is -0.117. The lowest BCUT2D eigenvalue weighted by atomic mass is 9.92. The molecule has 0 aliphatic carbocycles. The number of sulfonamides is 1. The molecule has 2 aliphatic rings. The van der Waals surface area contributed by atoms with Crippen LogP contribution in [0.1, 0.15) is 46.0 Å². The van der Waals surface area contributed by atoms with Gasteiger partial charge < -0.3 is 5.32 Å². The van der Waals surface area contributed by atoms with Crippen molar-refractivity contribution in [3.63, 3.8) is 0 Å². The van der Waals surface area contributed by atoms with E-state index in [2.05, 4.69) is 33.8 Å². The molecular weight excluding hydrogens is 388 g/mol. The number of rotatable bonds is 5. The summed E-state index contributed by atoms with van der Waals surface area (Å²) in [4.78, 5) is 19.1. The fourth-order valence-corrected chi connectivity index (χ4v) is 5.37. The predicted molar refractivity (Wildman–Crippen MR) is 116 cm³/mol. The van der Waals surface area contributed by atoms with Crippen molar-refractivity contribution in [2.24, 2.45) is 16.8 Å². The van der Waals surface area contributed by atoms with Crippen molar-refractivity contribution in [2.75, 3.05) is 31.5 Å². The minimum atomic E-state index is -3.72. The van der Waals surface area contributed by atoms with Crippen LogP contribution < -0.4 is 10.0 Å². The summed E-state index contributed by atoms with van der Waals surface area (Å²) in [6, 6.07) is 6.38. The van der Waals surface area contributed by atoms with E-state index in [0.717, 1.165) is 32.4 Å². The van der Waals surface area contributed by atoms with Crippen molar-refractivity contribution in [3.8, 4) is 0 Å². The number of carbonyl (C=O) groups is 1. The lowest BCUT2D eigenvalue weighted by Crippen LogP contribution is -2.42. The summed E-state index contributed by atoms with van der Waals surface area (Å²) >= 11 is 0. The van der Waals surface area contributed by atoms with Crippen molar-refractivity contribution >= 4 is 27.5 Å². The van der Waals surface area contributed by atoms with E-state index < -0.39 is 10.0 Å².